The number of nitrogens with zero attached hydrogens (tertiary/aromatic N) is 1. The molecular weight excluding hydrogens is 390 g/mol. The van der Waals surface area contributed by atoms with Crippen LogP contribution in [0.5, 0.6) is 0 Å². The van der Waals surface area contributed by atoms with Gasteiger partial charge in [-0.2, -0.15) is 0 Å². The molecule has 0 aliphatic carbocycles. The molecule has 2 N–H and O–H groups in total. The van der Waals surface area contributed by atoms with E-state index in [4.69, 9.17) is 19.7 Å². The van der Waals surface area contributed by atoms with Crippen molar-refractivity contribution in [1.29, 1.82) is 0 Å². The average Bonchev–Trinajstić information content (AvgIpc) is 2.78. The third kappa shape index (κ3) is 19.9. The first-order valence-electron chi connectivity index (χ1n) is 13.0. The van der Waals surface area contributed by atoms with Crippen LogP contribution in [0.1, 0.15) is 111 Å². The lowest BCUT2D eigenvalue weighted by Gasteiger charge is -2.34. The van der Waals surface area contributed by atoms with Crippen LogP contribution < -0.4 is 0 Å². The summed E-state index contributed by atoms with van der Waals surface area (Å²) in [5.41, 5.74) is 0. The smallest absolute Gasteiger partial charge is 0.109 e. The van der Waals surface area contributed by atoms with Crippen molar-refractivity contribution in [1.82, 2.24) is 4.90 Å². The molecule has 0 radical (unpaired) electrons. The van der Waals surface area contributed by atoms with Gasteiger partial charge >= 0.3 is 0 Å². The predicted molar refractivity (Wildman–Crippen MR) is 131 cm³/mol. The average molecular weight is 444 g/mol. The quantitative estimate of drug-likeness (QED) is 0.108. The van der Waals surface area contributed by atoms with E-state index in [0.29, 0.717) is 13.2 Å². The van der Waals surface area contributed by atoms with Crippen LogP contribution in [0.25, 0.3) is 0 Å². The van der Waals surface area contributed by atoms with Gasteiger partial charge in [-0.1, -0.05) is 76.9 Å². The van der Waals surface area contributed by atoms with Crippen molar-refractivity contribution in [3.05, 3.63) is 12.2 Å². The Balaban J connectivity index is 3.72. The molecule has 0 saturated heterocycles. The molecule has 0 fully saturated rings. The summed E-state index contributed by atoms with van der Waals surface area (Å²) in [4.78, 5) is 2.17. The minimum absolute atomic E-state index is 0.0261. The van der Waals surface area contributed by atoms with Crippen LogP contribution in [-0.4, -0.2) is 60.5 Å². The number of unbranched alkanes of at least 4 members (excludes halogenated alkanes) is 12. The second kappa shape index (κ2) is 24.2. The molecule has 0 heterocycles. The largest absolute Gasteiger partial charge is 0.394 e. The number of aliphatic hydroxyl groups is 2. The molecule has 2 atom stereocenters. The van der Waals surface area contributed by atoms with Crippen LogP contribution in [0.15, 0.2) is 12.2 Å². The summed E-state index contributed by atoms with van der Waals surface area (Å²) in [7, 11) is 0. The molecule has 0 spiro atoms. The maximum Gasteiger partial charge on any atom is 0.109 e. The summed E-state index contributed by atoms with van der Waals surface area (Å²) in [5, 5.41) is 18.0. The van der Waals surface area contributed by atoms with E-state index in [0.717, 1.165) is 13.0 Å². The monoisotopic (exact) mass is 443 g/mol. The number of rotatable bonds is 24. The molecule has 186 valence electrons. The number of aliphatic hydroxyl groups excluding tert-OH is 2. The zero-order chi connectivity index (χ0) is 23.0. The molecule has 0 aliphatic heterocycles. The van der Waals surface area contributed by atoms with Gasteiger partial charge in [-0.05, 0) is 46.0 Å². The van der Waals surface area contributed by atoms with Gasteiger partial charge in [0, 0.05) is 6.54 Å². The lowest BCUT2D eigenvalue weighted by Crippen LogP contribution is -2.44. The van der Waals surface area contributed by atoms with Crippen molar-refractivity contribution in [2.75, 3.05) is 33.0 Å². The highest BCUT2D eigenvalue weighted by atomic mass is 16.5. The third-order valence-electron chi connectivity index (χ3n) is 5.76. The van der Waals surface area contributed by atoms with Gasteiger partial charge in [0.05, 0.1) is 26.4 Å². The Hall–Kier alpha value is -0.460. The number of hydrogen-bond acceptors (Lipinski definition) is 5. The Bertz CT molecular complexity index is 364. The molecule has 0 saturated carbocycles. The van der Waals surface area contributed by atoms with Gasteiger partial charge in [0.1, 0.15) is 12.5 Å². The maximum absolute atomic E-state index is 8.99. The highest BCUT2D eigenvalue weighted by molar-refractivity contribution is 4.81. The summed E-state index contributed by atoms with van der Waals surface area (Å²) >= 11 is 0. The zero-order valence-electron chi connectivity index (χ0n) is 20.9. The molecule has 0 aromatic heterocycles. The summed E-state index contributed by atoms with van der Waals surface area (Å²) in [6, 6.07) is 0. The molecule has 2 unspecified atom stereocenters. The first-order chi connectivity index (χ1) is 15.2. The van der Waals surface area contributed by atoms with Crippen LogP contribution in [0.4, 0.5) is 0 Å². The Kier molecular flexibility index (Phi) is 23.8. The second-order valence-electron chi connectivity index (χ2n) is 8.56. The van der Waals surface area contributed by atoms with Gasteiger partial charge in [-0.25, -0.2) is 0 Å². The molecule has 0 aliphatic rings. The lowest BCUT2D eigenvalue weighted by atomic mass is 10.1. The first-order valence-corrected chi connectivity index (χ1v) is 13.0. The second-order valence-corrected chi connectivity index (χ2v) is 8.56. The molecular formula is C26H53NO4. The highest BCUT2D eigenvalue weighted by Gasteiger charge is 2.20. The van der Waals surface area contributed by atoms with Crippen molar-refractivity contribution in [3.63, 3.8) is 0 Å². The van der Waals surface area contributed by atoms with Crippen molar-refractivity contribution in [3.8, 4) is 0 Å². The Labute approximate surface area is 193 Å². The SMILES string of the molecule is CCCCCCCCC=CCCCCCCCCN(C(C)OCCO)C(C)OCCO. The Morgan fingerprint density at radius 1 is 0.645 bits per heavy atom. The Morgan fingerprint density at radius 3 is 1.52 bits per heavy atom. The minimum Gasteiger partial charge on any atom is -0.394 e. The summed E-state index contributed by atoms with van der Waals surface area (Å²) in [6.07, 6.45) is 22.8. The van der Waals surface area contributed by atoms with E-state index in [1.54, 1.807) is 0 Å². The van der Waals surface area contributed by atoms with E-state index in [9.17, 15) is 0 Å². The standard InChI is InChI=1S/C26H53NO4/c1-4-5-6-7-8-9-10-11-12-13-14-15-16-17-18-19-20-27(25(2)30-23-21-28)26(3)31-24-22-29/h11-12,25-26,28-29H,4-10,13-24H2,1-3H3. The van der Waals surface area contributed by atoms with E-state index in [-0.39, 0.29) is 25.7 Å². The van der Waals surface area contributed by atoms with Gasteiger partial charge in [0.25, 0.3) is 0 Å². The van der Waals surface area contributed by atoms with Crippen molar-refractivity contribution in [2.24, 2.45) is 0 Å². The van der Waals surface area contributed by atoms with Crippen LogP contribution in [0.3, 0.4) is 0 Å². The summed E-state index contributed by atoms with van der Waals surface area (Å²) in [6.45, 7) is 7.88. The summed E-state index contributed by atoms with van der Waals surface area (Å²) in [5.74, 6) is 0. The normalized spacial score (nSPS) is 14.0. The van der Waals surface area contributed by atoms with Crippen molar-refractivity contribution >= 4 is 0 Å². The summed E-state index contributed by atoms with van der Waals surface area (Å²) < 4.78 is 11.3. The van der Waals surface area contributed by atoms with Crippen molar-refractivity contribution < 1.29 is 19.7 Å². The van der Waals surface area contributed by atoms with E-state index in [1.807, 2.05) is 13.8 Å². The number of allylic oxidation sites excluding steroid dienone is 2. The van der Waals surface area contributed by atoms with Gasteiger partial charge in [0.2, 0.25) is 0 Å². The van der Waals surface area contributed by atoms with E-state index >= 15 is 0 Å². The number of hydrogen-bond donors (Lipinski definition) is 2. The first kappa shape index (κ1) is 30.5. The molecule has 0 aromatic rings. The maximum atomic E-state index is 8.99. The van der Waals surface area contributed by atoms with E-state index < -0.39 is 0 Å². The fourth-order valence-electron chi connectivity index (χ4n) is 3.84. The third-order valence-corrected chi connectivity index (χ3v) is 5.76. The predicted octanol–water partition coefficient (Wildman–Crippen LogP) is 6.04. The van der Waals surface area contributed by atoms with Gasteiger partial charge in [0.15, 0.2) is 0 Å². The van der Waals surface area contributed by atoms with E-state index in [2.05, 4.69) is 24.0 Å². The molecule has 0 bridgehead atoms. The van der Waals surface area contributed by atoms with Crippen LogP contribution in [0.2, 0.25) is 0 Å². The lowest BCUT2D eigenvalue weighted by molar-refractivity contribution is -0.147. The Morgan fingerprint density at radius 2 is 1.06 bits per heavy atom. The minimum atomic E-state index is -0.107. The fourth-order valence-corrected chi connectivity index (χ4v) is 3.84. The highest BCUT2D eigenvalue weighted by Crippen LogP contribution is 2.13. The zero-order valence-corrected chi connectivity index (χ0v) is 20.9. The van der Waals surface area contributed by atoms with Crippen LogP contribution in [-0.2, 0) is 9.47 Å². The molecule has 0 amide bonds. The van der Waals surface area contributed by atoms with Crippen molar-refractivity contribution in [2.45, 2.75) is 123 Å². The molecule has 0 rings (SSSR count). The molecule has 0 aromatic carbocycles. The molecule has 5 heteroatoms. The van der Waals surface area contributed by atoms with Gasteiger partial charge in [-0.3, -0.25) is 4.90 Å². The van der Waals surface area contributed by atoms with Crippen LogP contribution in [0, 0.1) is 0 Å². The van der Waals surface area contributed by atoms with Gasteiger partial charge in [-0.15, -0.1) is 0 Å². The van der Waals surface area contributed by atoms with E-state index in [1.165, 1.54) is 83.5 Å². The topological polar surface area (TPSA) is 62.2 Å². The van der Waals surface area contributed by atoms with Gasteiger partial charge < -0.3 is 19.7 Å². The molecule has 31 heavy (non-hydrogen) atoms. The molecule has 5 nitrogen and oxygen atoms in total. The number of ether oxygens (including phenoxy) is 2. The fraction of sp³-hybridized carbons (Fsp3) is 0.923. The van der Waals surface area contributed by atoms with Crippen LogP contribution >= 0.6 is 0 Å².